The fourth-order valence-electron chi connectivity index (χ4n) is 1.94. The van der Waals surface area contributed by atoms with Crippen LogP contribution in [0.5, 0.6) is 5.75 Å². The SMILES string of the molecule is Cc1ccc(OCCc2ccc([N+](=O)[O-])cc2)c(CN)n1. The average molecular weight is 287 g/mol. The van der Waals surface area contributed by atoms with Gasteiger partial charge in [-0.2, -0.15) is 0 Å². The highest BCUT2D eigenvalue weighted by atomic mass is 16.6. The lowest BCUT2D eigenvalue weighted by Crippen LogP contribution is -2.08. The molecule has 0 spiro atoms. The Bertz CT molecular complexity index is 627. The lowest BCUT2D eigenvalue weighted by Gasteiger charge is -2.10. The maximum absolute atomic E-state index is 10.6. The number of pyridine rings is 1. The third kappa shape index (κ3) is 4.00. The summed E-state index contributed by atoms with van der Waals surface area (Å²) >= 11 is 0. The van der Waals surface area contributed by atoms with Gasteiger partial charge in [-0.05, 0) is 24.6 Å². The number of aromatic nitrogens is 1. The van der Waals surface area contributed by atoms with Crippen molar-refractivity contribution in [3.63, 3.8) is 0 Å². The number of hydrogen-bond donors (Lipinski definition) is 1. The van der Waals surface area contributed by atoms with Crippen LogP contribution in [0.3, 0.4) is 0 Å². The fourth-order valence-corrected chi connectivity index (χ4v) is 1.94. The van der Waals surface area contributed by atoms with Crippen molar-refractivity contribution in [3.05, 3.63) is 63.5 Å². The van der Waals surface area contributed by atoms with E-state index in [2.05, 4.69) is 4.98 Å². The lowest BCUT2D eigenvalue weighted by atomic mass is 10.1. The van der Waals surface area contributed by atoms with Gasteiger partial charge < -0.3 is 10.5 Å². The van der Waals surface area contributed by atoms with Gasteiger partial charge in [-0.1, -0.05) is 12.1 Å². The first-order valence-electron chi connectivity index (χ1n) is 6.63. The first-order valence-corrected chi connectivity index (χ1v) is 6.63. The summed E-state index contributed by atoms with van der Waals surface area (Å²) in [4.78, 5) is 14.5. The molecule has 0 saturated carbocycles. The number of rotatable bonds is 6. The van der Waals surface area contributed by atoms with Crippen molar-refractivity contribution in [1.82, 2.24) is 4.98 Å². The van der Waals surface area contributed by atoms with E-state index in [0.717, 1.165) is 17.0 Å². The lowest BCUT2D eigenvalue weighted by molar-refractivity contribution is -0.384. The van der Waals surface area contributed by atoms with E-state index in [0.29, 0.717) is 25.3 Å². The van der Waals surface area contributed by atoms with Crippen molar-refractivity contribution in [1.29, 1.82) is 0 Å². The van der Waals surface area contributed by atoms with Crippen LogP contribution in [0.25, 0.3) is 0 Å². The van der Waals surface area contributed by atoms with Crippen LogP contribution in [0.15, 0.2) is 36.4 Å². The Kier molecular flexibility index (Phi) is 4.84. The summed E-state index contributed by atoms with van der Waals surface area (Å²) in [6.07, 6.45) is 0.663. The van der Waals surface area contributed by atoms with E-state index < -0.39 is 4.92 Å². The zero-order valence-electron chi connectivity index (χ0n) is 11.8. The monoisotopic (exact) mass is 287 g/mol. The molecule has 0 unspecified atom stereocenters. The van der Waals surface area contributed by atoms with E-state index in [4.69, 9.17) is 10.5 Å². The third-order valence-electron chi connectivity index (χ3n) is 3.06. The van der Waals surface area contributed by atoms with E-state index in [1.807, 2.05) is 19.1 Å². The normalized spacial score (nSPS) is 10.4. The number of nitro groups is 1. The molecule has 0 amide bonds. The molecule has 6 heteroatoms. The predicted octanol–water partition coefficient (Wildman–Crippen LogP) is 2.38. The van der Waals surface area contributed by atoms with Crippen LogP contribution in [-0.4, -0.2) is 16.5 Å². The van der Waals surface area contributed by atoms with Crippen LogP contribution in [-0.2, 0) is 13.0 Å². The van der Waals surface area contributed by atoms with E-state index in [1.54, 1.807) is 12.1 Å². The maximum atomic E-state index is 10.6. The second kappa shape index (κ2) is 6.81. The van der Waals surface area contributed by atoms with Gasteiger partial charge in [0.25, 0.3) is 5.69 Å². The molecule has 110 valence electrons. The van der Waals surface area contributed by atoms with E-state index in [-0.39, 0.29) is 5.69 Å². The molecule has 2 rings (SSSR count). The molecular weight excluding hydrogens is 270 g/mol. The number of nitrogens with two attached hydrogens (primary N) is 1. The van der Waals surface area contributed by atoms with Crippen molar-refractivity contribution in [3.8, 4) is 5.75 Å². The maximum Gasteiger partial charge on any atom is 0.269 e. The van der Waals surface area contributed by atoms with Crippen LogP contribution >= 0.6 is 0 Å². The summed E-state index contributed by atoms with van der Waals surface area (Å²) in [6.45, 7) is 2.70. The van der Waals surface area contributed by atoms with Crippen molar-refractivity contribution in [2.24, 2.45) is 5.73 Å². The van der Waals surface area contributed by atoms with E-state index >= 15 is 0 Å². The van der Waals surface area contributed by atoms with E-state index in [9.17, 15) is 10.1 Å². The van der Waals surface area contributed by atoms with Gasteiger partial charge in [0.1, 0.15) is 5.75 Å². The summed E-state index contributed by atoms with van der Waals surface area (Å²) in [5, 5.41) is 10.6. The number of nitrogens with zero attached hydrogens (tertiary/aromatic N) is 2. The first kappa shape index (κ1) is 14.9. The molecule has 0 radical (unpaired) electrons. The number of hydrogen-bond acceptors (Lipinski definition) is 5. The second-order valence-electron chi connectivity index (χ2n) is 4.62. The molecule has 21 heavy (non-hydrogen) atoms. The Balaban J connectivity index is 1.93. The molecule has 0 bridgehead atoms. The van der Waals surface area contributed by atoms with Crippen LogP contribution in [0.4, 0.5) is 5.69 Å². The molecular formula is C15H17N3O3. The minimum Gasteiger partial charge on any atom is -0.491 e. The van der Waals surface area contributed by atoms with Gasteiger partial charge in [0.2, 0.25) is 0 Å². The average Bonchev–Trinajstić information content (AvgIpc) is 2.49. The molecule has 0 aliphatic heterocycles. The highest BCUT2D eigenvalue weighted by Gasteiger charge is 2.06. The number of aryl methyl sites for hydroxylation is 1. The number of ether oxygens (including phenoxy) is 1. The third-order valence-corrected chi connectivity index (χ3v) is 3.06. The van der Waals surface area contributed by atoms with Gasteiger partial charge >= 0.3 is 0 Å². The Morgan fingerprint density at radius 3 is 2.57 bits per heavy atom. The van der Waals surface area contributed by atoms with Crippen LogP contribution in [0.1, 0.15) is 17.0 Å². The van der Waals surface area contributed by atoms with Gasteiger partial charge in [-0.25, -0.2) is 0 Å². The molecule has 0 saturated heterocycles. The molecule has 0 aliphatic rings. The highest BCUT2D eigenvalue weighted by Crippen LogP contribution is 2.17. The van der Waals surface area contributed by atoms with Crippen molar-refractivity contribution in [2.45, 2.75) is 19.9 Å². The van der Waals surface area contributed by atoms with Crippen LogP contribution in [0, 0.1) is 17.0 Å². The summed E-state index contributed by atoms with van der Waals surface area (Å²) in [7, 11) is 0. The Morgan fingerprint density at radius 1 is 1.24 bits per heavy atom. The molecule has 6 nitrogen and oxygen atoms in total. The molecule has 1 aromatic carbocycles. The zero-order valence-corrected chi connectivity index (χ0v) is 11.8. The largest absolute Gasteiger partial charge is 0.491 e. The highest BCUT2D eigenvalue weighted by molar-refractivity contribution is 5.33. The van der Waals surface area contributed by atoms with Gasteiger partial charge in [0, 0.05) is 30.8 Å². The standard InChI is InChI=1S/C15H17N3O3/c1-11-2-7-15(14(10-16)17-11)21-9-8-12-3-5-13(6-4-12)18(19)20/h2-7H,8-10,16H2,1H3. The Hall–Kier alpha value is -2.47. The fraction of sp³-hybridized carbons (Fsp3) is 0.267. The molecule has 2 N–H and O–H groups in total. The smallest absolute Gasteiger partial charge is 0.269 e. The molecule has 1 aromatic heterocycles. The summed E-state index contributed by atoms with van der Waals surface area (Å²) in [5.41, 5.74) is 8.35. The molecule has 0 fully saturated rings. The quantitative estimate of drug-likeness (QED) is 0.650. The van der Waals surface area contributed by atoms with Crippen molar-refractivity contribution >= 4 is 5.69 Å². The Morgan fingerprint density at radius 2 is 1.95 bits per heavy atom. The van der Waals surface area contributed by atoms with Gasteiger partial charge in [0.05, 0.1) is 17.2 Å². The molecule has 0 aliphatic carbocycles. The number of nitro benzene ring substituents is 1. The number of benzene rings is 1. The van der Waals surface area contributed by atoms with Crippen LogP contribution < -0.4 is 10.5 Å². The molecule has 2 aromatic rings. The molecule has 0 atom stereocenters. The van der Waals surface area contributed by atoms with Gasteiger partial charge in [-0.3, -0.25) is 15.1 Å². The van der Waals surface area contributed by atoms with Gasteiger partial charge in [-0.15, -0.1) is 0 Å². The number of non-ortho nitro benzene ring substituents is 1. The minimum atomic E-state index is -0.411. The second-order valence-corrected chi connectivity index (χ2v) is 4.62. The summed E-state index contributed by atoms with van der Waals surface area (Å²) in [5.74, 6) is 0.685. The zero-order chi connectivity index (χ0) is 15.2. The Labute approximate surface area is 122 Å². The topological polar surface area (TPSA) is 91.3 Å². The molecule has 1 heterocycles. The summed E-state index contributed by atoms with van der Waals surface area (Å²) in [6, 6.07) is 10.2. The van der Waals surface area contributed by atoms with E-state index in [1.165, 1.54) is 12.1 Å². The summed E-state index contributed by atoms with van der Waals surface area (Å²) < 4.78 is 5.69. The predicted molar refractivity (Wildman–Crippen MR) is 79.2 cm³/mol. The van der Waals surface area contributed by atoms with Crippen molar-refractivity contribution < 1.29 is 9.66 Å². The first-order chi connectivity index (χ1) is 10.1. The van der Waals surface area contributed by atoms with Crippen molar-refractivity contribution in [2.75, 3.05) is 6.61 Å². The van der Waals surface area contributed by atoms with Gasteiger partial charge in [0.15, 0.2) is 0 Å². The minimum absolute atomic E-state index is 0.0906. The van der Waals surface area contributed by atoms with Crippen LogP contribution in [0.2, 0.25) is 0 Å².